The maximum absolute atomic E-state index is 11.4. The van der Waals surface area contributed by atoms with Gasteiger partial charge in [-0.15, -0.1) is 0 Å². The Hall–Kier alpha value is -2.50. The highest BCUT2D eigenvalue weighted by atomic mass is 16.5. The van der Waals surface area contributed by atoms with Gasteiger partial charge in [-0.3, -0.25) is 0 Å². The topological polar surface area (TPSA) is 84.9 Å². The second kappa shape index (κ2) is 8.58. The van der Waals surface area contributed by atoms with Gasteiger partial charge in [-0.2, -0.15) is 0 Å². The molecular formula is C14H17NO5. The Morgan fingerprint density at radius 1 is 1.20 bits per heavy atom. The predicted molar refractivity (Wildman–Crippen MR) is 72.0 cm³/mol. The van der Waals surface area contributed by atoms with Gasteiger partial charge in [0.2, 0.25) is 0 Å². The molecule has 0 aliphatic carbocycles. The minimum atomic E-state index is -1.07. The van der Waals surface area contributed by atoms with Gasteiger partial charge in [0, 0.05) is 13.0 Å². The maximum Gasteiger partial charge on any atom is 0.407 e. The van der Waals surface area contributed by atoms with E-state index in [4.69, 9.17) is 14.6 Å². The lowest BCUT2D eigenvalue weighted by Gasteiger charge is -2.09. The molecule has 0 radical (unpaired) electrons. The number of carboxylic acids is 1. The van der Waals surface area contributed by atoms with E-state index in [0.29, 0.717) is 12.2 Å². The molecule has 0 saturated carbocycles. The summed E-state index contributed by atoms with van der Waals surface area (Å²) in [6.45, 7) is 3.57. The molecule has 2 N–H and O–H groups in total. The number of aliphatic carboxylic acids is 1. The molecule has 1 rings (SSSR count). The first kappa shape index (κ1) is 15.6. The Balaban J connectivity index is 2.11. The van der Waals surface area contributed by atoms with E-state index >= 15 is 0 Å². The van der Waals surface area contributed by atoms with Crippen LogP contribution in [0.3, 0.4) is 0 Å². The Labute approximate surface area is 117 Å². The SMILES string of the molecule is C=C(CCNC(=O)OCc1ccccc1)OCC(=O)O. The summed E-state index contributed by atoms with van der Waals surface area (Å²) in [6.07, 6.45) is -0.215. The smallest absolute Gasteiger partial charge is 0.407 e. The van der Waals surface area contributed by atoms with Crippen LogP contribution in [-0.4, -0.2) is 30.3 Å². The minimum Gasteiger partial charge on any atom is -0.487 e. The molecule has 6 nitrogen and oxygen atoms in total. The molecule has 0 bridgehead atoms. The monoisotopic (exact) mass is 279 g/mol. The van der Waals surface area contributed by atoms with Gasteiger partial charge in [0.05, 0.1) is 5.76 Å². The van der Waals surface area contributed by atoms with Gasteiger partial charge in [-0.05, 0) is 5.56 Å². The molecule has 6 heteroatoms. The zero-order valence-corrected chi connectivity index (χ0v) is 11.0. The molecule has 0 spiro atoms. The lowest BCUT2D eigenvalue weighted by molar-refractivity contribution is -0.140. The van der Waals surface area contributed by atoms with Crippen molar-refractivity contribution in [3.63, 3.8) is 0 Å². The molecular weight excluding hydrogens is 262 g/mol. The Morgan fingerprint density at radius 2 is 1.90 bits per heavy atom. The fraction of sp³-hybridized carbons (Fsp3) is 0.286. The molecule has 1 aromatic carbocycles. The molecule has 0 unspecified atom stereocenters. The fourth-order valence-electron chi connectivity index (χ4n) is 1.31. The van der Waals surface area contributed by atoms with Crippen molar-refractivity contribution in [1.29, 1.82) is 0 Å². The van der Waals surface area contributed by atoms with Gasteiger partial charge in [0.15, 0.2) is 6.61 Å². The van der Waals surface area contributed by atoms with Crippen molar-refractivity contribution in [1.82, 2.24) is 5.32 Å². The molecule has 0 aromatic heterocycles. The number of rotatable bonds is 8. The van der Waals surface area contributed by atoms with E-state index < -0.39 is 18.7 Å². The first-order valence-corrected chi connectivity index (χ1v) is 6.05. The van der Waals surface area contributed by atoms with Crippen molar-refractivity contribution in [3.05, 3.63) is 48.2 Å². The summed E-state index contributed by atoms with van der Waals surface area (Å²) in [5.41, 5.74) is 0.900. The Kier molecular flexibility index (Phi) is 6.67. The summed E-state index contributed by atoms with van der Waals surface area (Å²) in [5.74, 6) is -0.767. The molecule has 0 aliphatic rings. The van der Waals surface area contributed by atoms with E-state index in [0.717, 1.165) is 5.56 Å². The van der Waals surface area contributed by atoms with Crippen molar-refractivity contribution in [2.45, 2.75) is 13.0 Å². The molecule has 0 fully saturated rings. The molecule has 108 valence electrons. The summed E-state index contributed by atoms with van der Waals surface area (Å²) < 4.78 is 9.82. The third kappa shape index (κ3) is 7.05. The zero-order valence-electron chi connectivity index (χ0n) is 11.0. The van der Waals surface area contributed by atoms with Gasteiger partial charge in [-0.1, -0.05) is 36.9 Å². The van der Waals surface area contributed by atoms with E-state index in [1.54, 1.807) is 0 Å². The lowest BCUT2D eigenvalue weighted by Crippen LogP contribution is -2.25. The van der Waals surface area contributed by atoms with E-state index in [1.165, 1.54) is 0 Å². The normalized spacial score (nSPS) is 9.60. The highest BCUT2D eigenvalue weighted by molar-refractivity contribution is 5.68. The third-order valence-electron chi connectivity index (χ3n) is 2.29. The average Bonchev–Trinajstić information content (AvgIpc) is 2.44. The number of amides is 1. The summed E-state index contributed by atoms with van der Waals surface area (Å²) in [4.78, 5) is 21.6. The van der Waals surface area contributed by atoms with Crippen LogP contribution in [0.25, 0.3) is 0 Å². The highest BCUT2D eigenvalue weighted by Crippen LogP contribution is 2.01. The quantitative estimate of drug-likeness (QED) is 0.710. The summed E-state index contributed by atoms with van der Waals surface area (Å²) in [5, 5.41) is 10.9. The number of nitrogens with one attached hydrogen (secondary N) is 1. The van der Waals surface area contributed by atoms with Gasteiger partial charge < -0.3 is 19.9 Å². The van der Waals surface area contributed by atoms with Crippen LogP contribution < -0.4 is 5.32 Å². The van der Waals surface area contributed by atoms with Gasteiger partial charge >= 0.3 is 12.1 Å². The van der Waals surface area contributed by atoms with Crippen molar-refractivity contribution >= 4 is 12.1 Å². The van der Waals surface area contributed by atoms with Crippen LogP contribution in [0.2, 0.25) is 0 Å². The lowest BCUT2D eigenvalue weighted by atomic mass is 10.2. The van der Waals surface area contributed by atoms with Gasteiger partial charge in [0.1, 0.15) is 6.61 Å². The number of alkyl carbamates (subject to hydrolysis) is 1. The van der Waals surface area contributed by atoms with Crippen LogP contribution in [-0.2, 0) is 20.9 Å². The van der Waals surface area contributed by atoms with Crippen LogP contribution >= 0.6 is 0 Å². The predicted octanol–water partition coefficient (Wildman–Crippen LogP) is 1.92. The molecule has 0 heterocycles. The molecule has 0 saturated heterocycles. The number of carbonyl (C=O) groups excluding carboxylic acids is 1. The second-order valence-corrected chi connectivity index (χ2v) is 3.96. The maximum atomic E-state index is 11.4. The van der Waals surface area contributed by atoms with Crippen molar-refractivity contribution in [2.75, 3.05) is 13.2 Å². The zero-order chi connectivity index (χ0) is 14.8. The van der Waals surface area contributed by atoms with Crippen molar-refractivity contribution in [2.24, 2.45) is 0 Å². The molecule has 0 atom stereocenters. The number of carboxylic acid groups (broad SMARTS) is 1. The van der Waals surface area contributed by atoms with E-state index in [-0.39, 0.29) is 13.2 Å². The van der Waals surface area contributed by atoms with Crippen molar-refractivity contribution < 1.29 is 24.2 Å². The van der Waals surface area contributed by atoms with Gasteiger partial charge in [0.25, 0.3) is 0 Å². The van der Waals surface area contributed by atoms with Crippen LogP contribution in [0.4, 0.5) is 4.79 Å². The molecule has 20 heavy (non-hydrogen) atoms. The number of ether oxygens (including phenoxy) is 2. The fourth-order valence-corrected chi connectivity index (χ4v) is 1.31. The van der Waals surface area contributed by atoms with E-state index in [2.05, 4.69) is 11.9 Å². The average molecular weight is 279 g/mol. The molecule has 1 aromatic rings. The van der Waals surface area contributed by atoms with Crippen LogP contribution in [0.5, 0.6) is 0 Å². The molecule has 0 aliphatic heterocycles. The Morgan fingerprint density at radius 3 is 2.55 bits per heavy atom. The van der Waals surface area contributed by atoms with E-state index in [9.17, 15) is 9.59 Å². The second-order valence-electron chi connectivity index (χ2n) is 3.96. The minimum absolute atomic E-state index is 0.198. The van der Waals surface area contributed by atoms with Crippen LogP contribution in [0.15, 0.2) is 42.7 Å². The number of benzene rings is 1. The molecule has 1 amide bonds. The number of hydrogen-bond acceptors (Lipinski definition) is 4. The van der Waals surface area contributed by atoms with E-state index in [1.807, 2.05) is 30.3 Å². The van der Waals surface area contributed by atoms with Crippen LogP contribution in [0.1, 0.15) is 12.0 Å². The largest absolute Gasteiger partial charge is 0.487 e. The Bertz CT molecular complexity index is 458. The van der Waals surface area contributed by atoms with Gasteiger partial charge in [-0.25, -0.2) is 9.59 Å². The summed E-state index contributed by atoms with van der Waals surface area (Å²) in [7, 11) is 0. The standard InChI is InChI=1S/C14H17NO5/c1-11(19-10-13(16)17)7-8-15-14(18)20-9-12-5-3-2-4-6-12/h2-6H,1,7-10H2,(H,15,18)(H,16,17). The highest BCUT2D eigenvalue weighted by Gasteiger charge is 2.04. The summed E-state index contributed by atoms with van der Waals surface area (Å²) >= 11 is 0. The number of hydrogen-bond donors (Lipinski definition) is 2. The third-order valence-corrected chi connectivity index (χ3v) is 2.29. The number of carbonyl (C=O) groups is 2. The summed E-state index contributed by atoms with van der Waals surface area (Å²) in [6, 6.07) is 9.32. The van der Waals surface area contributed by atoms with Crippen molar-refractivity contribution in [3.8, 4) is 0 Å². The first-order valence-electron chi connectivity index (χ1n) is 6.05. The first-order chi connectivity index (χ1) is 9.58. The van der Waals surface area contributed by atoms with Crippen LogP contribution in [0, 0.1) is 0 Å².